The van der Waals surface area contributed by atoms with Crippen molar-refractivity contribution in [2.75, 3.05) is 43.2 Å². The van der Waals surface area contributed by atoms with Crippen LogP contribution in [0.2, 0.25) is 0 Å². The van der Waals surface area contributed by atoms with Crippen molar-refractivity contribution in [3.05, 3.63) is 24.0 Å². The minimum atomic E-state index is -3.08. The third kappa shape index (κ3) is 5.98. The van der Waals surface area contributed by atoms with Gasteiger partial charge in [-0.25, -0.2) is 12.8 Å². The van der Waals surface area contributed by atoms with Gasteiger partial charge in [0.05, 0.1) is 18.0 Å². The van der Waals surface area contributed by atoms with Crippen LogP contribution >= 0.6 is 0 Å². The van der Waals surface area contributed by atoms with E-state index in [0.29, 0.717) is 5.69 Å². The summed E-state index contributed by atoms with van der Waals surface area (Å²) < 4.78 is 35.4. The number of nitrogens with two attached hydrogens (primary N) is 1. The third-order valence-electron chi connectivity index (χ3n) is 2.52. The predicted octanol–water partition coefficient (Wildman–Crippen LogP) is 0.323. The highest BCUT2D eigenvalue weighted by molar-refractivity contribution is 7.90. The maximum absolute atomic E-state index is 13.4. The quantitative estimate of drug-likeness (QED) is 0.739. The van der Waals surface area contributed by atoms with E-state index >= 15 is 0 Å². The van der Waals surface area contributed by atoms with Gasteiger partial charge in [0.25, 0.3) is 0 Å². The molecule has 1 amide bonds. The van der Waals surface area contributed by atoms with Crippen molar-refractivity contribution >= 4 is 27.1 Å². The van der Waals surface area contributed by atoms with Gasteiger partial charge in [0.1, 0.15) is 15.7 Å². The summed E-state index contributed by atoms with van der Waals surface area (Å²) >= 11 is 0. The second-order valence-corrected chi connectivity index (χ2v) is 6.91. The molecule has 0 aromatic heterocycles. The molecule has 0 heterocycles. The fourth-order valence-electron chi connectivity index (χ4n) is 1.47. The van der Waals surface area contributed by atoms with Crippen LogP contribution in [-0.2, 0) is 14.6 Å². The topological polar surface area (TPSA) is 92.5 Å². The van der Waals surface area contributed by atoms with E-state index in [1.54, 1.807) is 11.9 Å². The Morgan fingerprint density at radius 3 is 2.70 bits per heavy atom. The van der Waals surface area contributed by atoms with Crippen molar-refractivity contribution < 1.29 is 17.6 Å². The third-order valence-corrected chi connectivity index (χ3v) is 3.45. The number of anilines is 2. The Bertz CT molecular complexity index is 590. The molecule has 6 nitrogen and oxygen atoms in total. The van der Waals surface area contributed by atoms with Crippen molar-refractivity contribution in [1.29, 1.82) is 0 Å². The van der Waals surface area contributed by atoms with Crippen LogP contribution < -0.4 is 11.1 Å². The van der Waals surface area contributed by atoms with Crippen LogP contribution in [0.5, 0.6) is 0 Å². The van der Waals surface area contributed by atoms with Crippen LogP contribution in [0, 0.1) is 5.82 Å². The normalized spacial score (nSPS) is 11.6. The zero-order chi connectivity index (χ0) is 15.3. The number of nitrogen functional groups attached to an aromatic ring is 1. The van der Waals surface area contributed by atoms with Gasteiger partial charge in [-0.15, -0.1) is 0 Å². The summed E-state index contributed by atoms with van der Waals surface area (Å²) in [4.78, 5) is 13.2. The number of rotatable bonds is 6. The summed E-state index contributed by atoms with van der Waals surface area (Å²) in [6, 6.07) is 3.88. The average molecular weight is 303 g/mol. The fourth-order valence-corrected chi connectivity index (χ4v) is 2.12. The Kier molecular flexibility index (Phi) is 5.46. The van der Waals surface area contributed by atoms with Crippen LogP contribution in [0.3, 0.4) is 0 Å². The van der Waals surface area contributed by atoms with Crippen LogP contribution in [0.4, 0.5) is 15.8 Å². The second kappa shape index (κ2) is 6.67. The van der Waals surface area contributed by atoms with E-state index in [0.717, 1.165) is 12.3 Å². The molecular weight excluding hydrogens is 285 g/mol. The highest BCUT2D eigenvalue weighted by Crippen LogP contribution is 2.17. The zero-order valence-electron chi connectivity index (χ0n) is 11.4. The summed E-state index contributed by atoms with van der Waals surface area (Å²) in [5.74, 6) is -1.06. The Balaban J connectivity index is 2.53. The Labute approximate surface area is 117 Å². The molecule has 0 spiro atoms. The Hall–Kier alpha value is -1.67. The SMILES string of the molecule is CN(CCS(C)(=O)=O)CC(=O)Nc1cc(N)ccc1F. The molecular formula is C12H18FN3O3S. The maximum Gasteiger partial charge on any atom is 0.238 e. The number of hydrogen-bond donors (Lipinski definition) is 2. The molecule has 0 atom stereocenters. The lowest BCUT2D eigenvalue weighted by Crippen LogP contribution is -2.33. The number of nitrogens with zero attached hydrogens (tertiary/aromatic N) is 1. The minimum absolute atomic E-state index is 0.00603. The standard InChI is InChI=1S/C12H18FN3O3S/c1-16(5-6-20(2,18)19)8-12(17)15-11-7-9(14)3-4-10(11)13/h3-4,7H,5-6,8,14H2,1-2H3,(H,15,17). The molecule has 0 saturated heterocycles. The van der Waals surface area contributed by atoms with Crippen LogP contribution in [0.1, 0.15) is 0 Å². The molecule has 0 aliphatic carbocycles. The maximum atomic E-state index is 13.4. The number of carbonyl (C=O) groups excluding carboxylic acids is 1. The highest BCUT2D eigenvalue weighted by Gasteiger charge is 2.11. The number of hydrogen-bond acceptors (Lipinski definition) is 5. The second-order valence-electron chi connectivity index (χ2n) is 4.66. The van der Waals surface area contributed by atoms with Gasteiger partial charge < -0.3 is 11.1 Å². The molecule has 3 N–H and O–H groups in total. The van der Waals surface area contributed by atoms with Crippen molar-refractivity contribution in [3.63, 3.8) is 0 Å². The lowest BCUT2D eigenvalue weighted by Gasteiger charge is -2.15. The van der Waals surface area contributed by atoms with Crippen LogP contribution in [-0.4, -0.2) is 51.4 Å². The molecule has 0 fully saturated rings. The van der Waals surface area contributed by atoms with Gasteiger partial charge in [-0.05, 0) is 25.2 Å². The molecule has 1 rings (SSSR count). The first-order chi connectivity index (χ1) is 9.17. The number of benzene rings is 1. The molecule has 0 unspecified atom stereocenters. The molecule has 8 heteroatoms. The monoisotopic (exact) mass is 303 g/mol. The largest absolute Gasteiger partial charge is 0.399 e. The fraction of sp³-hybridized carbons (Fsp3) is 0.417. The number of sulfone groups is 1. The van der Waals surface area contributed by atoms with Gasteiger partial charge in [-0.3, -0.25) is 9.69 Å². The van der Waals surface area contributed by atoms with Gasteiger partial charge >= 0.3 is 0 Å². The molecule has 0 aliphatic heterocycles. The number of likely N-dealkylation sites (N-methyl/N-ethyl adjacent to an activating group) is 1. The predicted molar refractivity (Wildman–Crippen MR) is 76.6 cm³/mol. The van der Waals surface area contributed by atoms with E-state index in [2.05, 4.69) is 5.32 Å². The molecule has 1 aromatic carbocycles. The average Bonchev–Trinajstić information content (AvgIpc) is 2.30. The number of halogens is 1. The van der Waals surface area contributed by atoms with Crippen LogP contribution in [0.25, 0.3) is 0 Å². The van der Waals surface area contributed by atoms with Crippen LogP contribution in [0.15, 0.2) is 18.2 Å². The molecule has 1 aromatic rings. The highest BCUT2D eigenvalue weighted by atomic mass is 32.2. The van der Waals surface area contributed by atoms with E-state index in [-0.39, 0.29) is 24.5 Å². The van der Waals surface area contributed by atoms with Gasteiger partial charge in [0.15, 0.2) is 0 Å². The first-order valence-electron chi connectivity index (χ1n) is 5.88. The first kappa shape index (κ1) is 16.4. The zero-order valence-corrected chi connectivity index (χ0v) is 12.2. The lowest BCUT2D eigenvalue weighted by molar-refractivity contribution is -0.117. The van der Waals surface area contributed by atoms with Gasteiger partial charge in [0.2, 0.25) is 5.91 Å². The summed E-state index contributed by atoms with van der Waals surface area (Å²) in [6.45, 7) is 0.190. The molecule has 0 aliphatic rings. The molecule has 112 valence electrons. The van der Waals surface area contributed by atoms with Crippen molar-refractivity contribution in [2.24, 2.45) is 0 Å². The number of nitrogens with one attached hydrogen (secondary N) is 1. The van der Waals surface area contributed by atoms with Gasteiger partial charge in [0, 0.05) is 18.5 Å². The first-order valence-corrected chi connectivity index (χ1v) is 7.94. The molecule has 20 heavy (non-hydrogen) atoms. The summed E-state index contributed by atoms with van der Waals surface area (Å²) in [7, 11) is -1.46. The number of amides is 1. The van der Waals surface area contributed by atoms with Crippen molar-refractivity contribution in [1.82, 2.24) is 4.90 Å². The van der Waals surface area contributed by atoms with E-state index < -0.39 is 21.6 Å². The van der Waals surface area contributed by atoms with E-state index in [1.165, 1.54) is 12.1 Å². The Morgan fingerprint density at radius 2 is 2.10 bits per heavy atom. The van der Waals surface area contributed by atoms with Gasteiger partial charge in [-0.1, -0.05) is 0 Å². The summed E-state index contributed by atoms with van der Waals surface area (Å²) in [5, 5.41) is 2.39. The smallest absolute Gasteiger partial charge is 0.238 e. The molecule has 0 bridgehead atoms. The van der Waals surface area contributed by atoms with Crippen molar-refractivity contribution in [3.8, 4) is 0 Å². The summed E-state index contributed by atoms with van der Waals surface area (Å²) in [6.07, 6.45) is 1.13. The molecule has 0 saturated carbocycles. The number of carbonyl (C=O) groups is 1. The van der Waals surface area contributed by atoms with Gasteiger partial charge in [-0.2, -0.15) is 0 Å². The van der Waals surface area contributed by atoms with E-state index in [1.807, 2.05) is 0 Å². The van der Waals surface area contributed by atoms with Crippen molar-refractivity contribution in [2.45, 2.75) is 0 Å². The lowest BCUT2D eigenvalue weighted by atomic mass is 10.2. The minimum Gasteiger partial charge on any atom is -0.399 e. The van der Waals surface area contributed by atoms with E-state index in [9.17, 15) is 17.6 Å². The van der Waals surface area contributed by atoms with E-state index in [4.69, 9.17) is 5.73 Å². The Morgan fingerprint density at radius 1 is 1.45 bits per heavy atom. The molecule has 0 radical (unpaired) electrons. The summed E-state index contributed by atoms with van der Waals surface area (Å²) in [5.41, 5.74) is 5.85.